The zero-order valence-electron chi connectivity index (χ0n) is 10.1. The van der Waals surface area contributed by atoms with Crippen LogP contribution in [0.2, 0.25) is 0 Å². The Bertz CT molecular complexity index is 372. The second-order valence-corrected chi connectivity index (χ2v) is 8.44. The van der Waals surface area contributed by atoms with Crippen molar-refractivity contribution in [2.75, 3.05) is 23.8 Å². The van der Waals surface area contributed by atoms with Gasteiger partial charge in [0.25, 0.3) is 0 Å². The number of hydrogen-bond acceptors (Lipinski definition) is 5. The highest BCUT2D eigenvalue weighted by molar-refractivity contribution is 8.02. The predicted molar refractivity (Wildman–Crippen MR) is 68.8 cm³/mol. The van der Waals surface area contributed by atoms with Crippen molar-refractivity contribution in [3.05, 3.63) is 0 Å². The Morgan fingerprint density at radius 1 is 1.53 bits per heavy atom. The standard InChI is InChI=1S/C10H19NO4S2/c1-10(2,13)7-11-9(12)5-16-8-3-4-17(14,15)6-8/h8,13H,3-7H2,1-2H3,(H,11,12). The van der Waals surface area contributed by atoms with Gasteiger partial charge in [0.15, 0.2) is 9.84 Å². The third-order valence-corrected chi connectivity index (χ3v) is 5.64. The molecule has 1 aliphatic heterocycles. The van der Waals surface area contributed by atoms with Gasteiger partial charge in [-0.05, 0) is 20.3 Å². The molecule has 1 amide bonds. The van der Waals surface area contributed by atoms with Crippen molar-refractivity contribution in [3.8, 4) is 0 Å². The van der Waals surface area contributed by atoms with E-state index in [2.05, 4.69) is 5.32 Å². The Morgan fingerprint density at radius 2 is 2.18 bits per heavy atom. The molecule has 5 nitrogen and oxygen atoms in total. The minimum absolute atomic E-state index is 0.0351. The van der Waals surface area contributed by atoms with E-state index in [-0.39, 0.29) is 35.0 Å². The normalized spacial score (nSPS) is 23.6. The molecule has 0 spiro atoms. The van der Waals surface area contributed by atoms with Crippen molar-refractivity contribution in [2.24, 2.45) is 0 Å². The number of thioether (sulfide) groups is 1. The van der Waals surface area contributed by atoms with Gasteiger partial charge in [0, 0.05) is 11.8 Å². The number of carbonyl (C=O) groups excluding carboxylic acids is 1. The number of sulfone groups is 1. The zero-order valence-corrected chi connectivity index (χ0v) is 11.7. The van der Waals surface area contributed by atoms with Crippen LogP contribution in [0.3, 0.4) is 0 Å². The zero-order chi connectivity index (χ0) is 13.1. The maximum atomic E-state index is 11.4. The van der Waals surface area contributed by atoms with Gasteiger partial charge in [0.05, 0.1) is 22.9 Å². The first kappa shape index (κ1) is 14.8. The molecule has 0 aliphatic carbocycles. The monoisotopic (exact) mass is 281 g/mol. The van der Waals surface area contributed by atoms with Gasteiger partial charge in [-0.25, -0.2) is 8.42 Å². The van der Waals surface area contributed by atoms with E-state index in [1.54, 1.807) is 13.8 Å². The van der Waals surface area contributed by atoms with Crippen LogP contribution in [0.25, 0.3) is 0 Å². The van der Waals surface area contributed by atoms with Crippen LogP contribution in [0, 0.1) is 0 Å². The molecule has 1 atom stereocenters. The molecule has 7 heteroatoms. The van der Waals surface area contributed by atoms with Gasteiger partial charge in [-0.2, -0.15) is 0 Å². The van der Waals surface area contributed by atoms with Crippen LogP contribution in [0.1, 0.15) is 20.3 Å². The van der Waals surface area contributed by atoms with Crippen LogP contribution >= 0.6 is 11.8 Å². The summed E-state index contributed by atoms with van der Waals surface area (Å²) in [6, 6.07) is 0. The van der Waals surface area contributed by atoms with Crippen molar-refractivity contribution in [2.45, 2.75) is 31.1 Å². The smallest absolute Gasteiger partial charge is 0.230 e. The molecule has 2 N–H and O–H groups in total. The largest absolute Gasteiger partial charge is 0.389 e. The van der Waals surface area contributed by atoms with Gasteiger partial charge in [0.1, 0.15) is 0 Å². The van der Waals surface area contributed by atoms with Crippen molar-refractivity contribution in [1.82, 2.24) is 5.32 Å². The molecular weight excluding hydrogens is 262 g/mol. The third-order valence-electron chi connectivity index (χ3n) is 2.36. The highest BCUT2D eigenvalue weighted by atomic mass is 32.2. The quantitative estimate of drug-likeness (QED) is 0.729. The van der Waals surface area contributed by atoms with E-state index in [0.717, 1.165) is 0 Å². The minimum Gasteiger partial charge on any atom is -0.389 e. The summed E-state index contributed by atoms with van der Waals surface area (Å²) in [5.41, 5.74) is -0.920. The molecule has 1 saturated heterocycles. The second kappa shape index (κ2) is 5.58. The first-order valence-corrected chi connectivity index (χ1v) is 8.36. The van der Waals surface area contributed by atoms with E-state index >= 15 is 0 Å². The Morgan fingerprint density at radius 3 is 2.65 bits per heavy atom. The van der Waals surface area contributed by atoms with Crippen LogP contribution in [0.15, 0.2) is 0 Å². The van der Waals surface area contributed by atoms with E-state index in [4.69, 9.17) is 0 Å². The average molecular weight is 281 g/mol. The van der Waals surface area contributed by atoms with Crippen molar-refractivity contribution in [1.29, 1.82) is 0 Å². The van der Waals surface area contributed by atoms with Crippen LogP contribution in [-0.4, -0.2) is 54.1 Å². The molecule has 1 rings (SSSR count). The summed E-state index contributed by atoms with van der Waals surface area (Å²) in [5, 5.41) is 12.1. The summed E-state index contributed by atoms with van der Waals surface area (Å²) in [7, 11) is -2.87. The Labute approximate surface area is 106 Å². The van der Waals surface area contributed by atoms with Gasteiger partial charge >= 0.3 is 0 Å². The fourth-order valence-electron chi connectivity index (χ4n) is 1.45. The summed E-state index contributed by atoms with van der Waals surface area (Å²) < 4.78 is 22.4. The van der Waals surface area contributed by atoms with Crippen molar-refractivity contribution in [3.63, 3.8) is 0 Å². The summed E-state index contributed by atoms with van der Waals surface area (Å²) in [6.45, 7) is 3.43. The molecule has 0 bridgehead atoms. The fraction of sp³-hybridized carbons (Fsp3) is 0.900. The van der Waals surface area contributed by atoms with Gasteiger partial charge < -0.3 is 10.4 Å². The lowest BCUT2D eigenvalue weighted by atomic mass is 10.1. The number of rotatable bonds is 5. The molecular formula is C10H19NO4S2. The van der Waals surface area contributed by atoms with E-state index in [1.165, 1.54) is 11.8 Å². The number of carbonyl (C=O) groups is 1. The number of amides is 1. The van der Waals surface area contributed by atoms with Gasteiger partial charge in [0.2, 0.25) is 5.91 Å². The SMILES string of the molecule is CC(C)(O)CNC(=O)CSC1CCS(=O)(=O)C1. The van der Waals surface area contributed by atoms with Gasteiger partial charge in [-0.1, -0.05) is 0 Å². The number of nitrogens with one attached hydrogen (secondary N) is 1. The molecule has 0 aromatic heterocycles. The first-order chi connectivity index (χ1) is 7.68. The molecule has 0 aromatic carbocycles. The van der Waals surface area contributed by atoms with Gasteiger partial charge in [-0.3, -0.25) is 4.79 Å². The van der Waals surface area contributed by atoms with Crippen LogP contribution in [0.5, 0.6) is 0 Å². The topological polar surface area (TPSA) is 83.5 Å². The lowest BCUT2D eigenvalue weighted by Crippen LogP contribution is -2.39. The van der Waals surface area contributed by atoms with Crippen LogP contribution < -0.4 is 5.32 Å². The molecule has 17 heavy (non-hydrogen) atoms. The van der Waals surface area contributed by atoms with E-state index in [1.807, 2.05) is 0 Å². The first-order valence-electron chi connectivity index (χ1n) is 5.49. The molecule has 0 saturated carbocycles. The Hall–Kier alpha value is -0.270. The lowest BCUT2D eigenvalue weighted by Gasteiger charge is -2.17. The summed E-state index contributed by atoms with van der Waals surface area (Å²) in [4.78, 5) is 11.4. The highest BCUT2D eigenvalue weighted by Crippen LogP contribution is 2.23. The molecule has 1 heterocycles. The molecule has 0 aromatic rings. The van der Waals surface area contributed by atoms with Crippen LogP contribution in [0.4, 0.5) is 0 Å². The number of aliphatic hydroxyl groups is 1. The molecule has 1 fully saturated rings. The fourth-order valence-corrected chi connectivity index (χ4v) is 4.92. The van der Waals surface area contributed by atoms with Crippen molar-refractivity contribution < 1.29 is 18.3 Å². The molecule has 100 valence electrons. The maximum Gasteiger partial charge on any atom is 0.230 e. The Kier molecular flexibility index (Phi) is 4.86. The van der Waals surface area contributed by atoms with Crippen LogP contribution in [-0.2, 0) is 14.6 Å². The number of hydrogen-bond donors (Lipinski definition) is 2. The third kappa shape index (κ3) is 6.28. The van der Waals surface area contributed by atoms with E-state index in [0.29, 0.717) is 6.42 Å². The summed E-state index contributed by atoms with van der Waals surface area (Å²) in [5.74, 6) is 0.490. The highest BCUT2D eigenvalue weighted by Gasteiger charge is 2.28. The Balaban J connectivity index is 2.21. The maximum absolute atomic E-state index is 11.4. The van der Waals surface area contributed by atoms with Gasteiger partial charge in [-0.15, -0.1) is 11.8 Å². The average Bonchev–Trinajstić information content (AvgIpc) is 2.51. The summed E-state index contributed by atoms with van der Waals surface area (Å²) >= 11 is 1.37. The minimum atomic E-state index is -2.87. The molecule has 1 aliphatic rings. The lowest BCUT2D eigenvalue weighted by molar-refractivity contribution is -0.119. The predicted octanol–water partition coefficient (Wildman–Crippen LogP) is -0.206. The van der Waals surface area contributed by atoms with E-state index < -0.39 is 15.4 Å². The summed E-state index contributed by atoms with van der Waals surface area (Å²) in [6.07, 6.45) is 0.631. The second-order valence-electron chi connectivity index (χ2n) is 4.93. The van der Waals surface area contributed by atoms with Crippen molar-refractivity contribution >= 4 is 27.5 Å². The van der Waals surface area contributed by atoms with E-state index in [9.17, 15) is 18.3 Å². The molecule has 1 unspecified atom stereocenters. The molecule has 0 radical (unpaired) electrons.